The van der Waals surface area contributed by atoms with Crippen molar-refractivity contribution in [2.45, 2.75) is 9.79 Å². The van der Waals surface area contributed by atoms with Crippen LogP contribution in [0.5, 0.6) is 0 Å². The molecule has 0 atom stereocenters. The predicted octanol–water partition coefficient (Wildman–Crippen LogP) is 3.72. The molecule has 0 fully saturated rings. The second kappa shape index (κ2) is 6.73. The van der Waals surface area contributed by atoms with Gasteiger partial charge in [0.2, 0.25) is 0 Å². The molecule has 0 aliphatic carbocycles. The second-order valence-electron chi connectivity index (χ2n) is 4.60. The molecule has 1 amide bonds. The van der Waals surface area contributed by atoms with E-state index >= 15 is 0 Å². The zero-order valence-corrected chi connectivity index (χ0v) is 14.3. The number of carbonyl (C=O) groups excluding carboxylic acids is 1. The van der Waals surface area contributed by atoms with Crippen molar-refractivity contribution in [2.24, 2.45) is 0 Å². The van der Waals surface area contributed by atoms with Gasteiger partial charge in [0.25, 0.3) is 5.91 Å². The Kier molecular flexibility index (Phi) is 5.16. The highest BCUT2D eigenvalue weighted by Crippen LogP contribution is 2.24. The SMILES string of the molecule is CSc1ccc(Cl)c(C(=O)Nc2cccc(S(C)(=O)=O)c2)c1. The molecule has 2 aromatic rings. The van der Waals surface area contributed by atoms with Crippen LogP contribution in [-0.4, -0.2) is 26.8 Å². The first kappa shape index (κ1) is 16.9. The Labute approximate surface area is 138 Å². The fourth-order valence-corrected chi connectivity index (χ4v) is 3.12. The number of hydrogen-bond donors (Lipinski definition) is 1. The molecule has 0 aliphatic heterocycles. The molecule has 0 spiro atoms. The molecule has 2 aromatic carbocycles. The molecule has 0 aliphatic rings. The summed E-state index contributed by atoms with van der Waals surface area (Å²) in [5.74, 6) is -0.383. The van der Waals surface area contributed by atoms with Crippen LogP contribution in [0.1, 0.15) is 10.4 Å². The molecule has 2 rings (SSSR count). The van der Waals surface area contributed by atoms with Crippen molar-refractivity contribution in [1.82, 2.24) is 0 Å². The average molecular weight is 356 g/mol. The van der Waals surface area contributed by atoms with Crippen LogP contribution in [0.4, 0.5) is 5.69 Å². The van der Waals surface area contributed by atoms with E-state index in [4.69, 9.17) is 11.6 Å². The highest BCUT2D eigenvalue weighted by Gasteiger charge is 2.13. The van der Waals surface area contributed by atoms with Gasteiger partial charge in [0, 0.05) is 16.8 Å². The maximum Gasteiger partial charge on any atom is 0.257 e. The highest BCUT2D eigenvalue weighted by atomic mass is 35.5. The topological polar surface area (TPSA) is 63.2 Å². The third kappa shape index (κ3) is 4.03. The van der Waals surface area contributed by atoms with Gasteiger partial charge in [0.15, 0.2) is 9.84 Å². The van der Waals surface area contributed by atoms with Crippen molar-refractivity contribution in [3.8, 4) is 0 Å². The van der Waals surface area contributed by atoms with E-state index in [1.165, 1.54) is 23.9 Å². The first-order valence-electron chi connectivity index (χ1n) is 6.26. The van der Waals surface area contributed by atoms with Gasteiger partial charge in [-0.25, -0.2) is 8.42 Å². The maximum absolute atomic E-state index is 12.3. The van der Waals surface area contributed by atoms with Gasteiger partial charge in [0.1, 0.15) is 0 Å². The van der Waals surface area contributed by atoms with Crippen molar-refractivity contribution >= 4 is 44.8 Å². The van der Waals surface area contributed by atoms with Gasteiger partial charge in [-0.2, -0.15) is 0 Å². The van der Waals surface area contributed by atoms with Crippen LogP contribution in [0.3, 0.4) is 0 Å². The first-order valence-corrected chi connectivity index (χ1v) is 9.75. The minimum Gasteiger partial charge on any atom is -0.322 e. The molecular formula is C15H14ClNO3S2. The van der Waals surface area contributed by atoms with Crippen LogP contribution in [0.2, 0.25) is 5.02 Å². The zero-order chi connectivity index (χ0) is 16.3. The zero-order valence-electron chi connectivity index (χ0n) is 12.0. The quantitative estimate of drug-likeness (QED) is 0.849. The van der Waals surface area contributed by atoms with Gasteiger partial charge in [-0.15, -0.1) is 11.8 Å². The molecule has 0 heterocycles. The molecular weight excluding hydrogens is 342 g/mol. The summed E-state index contributed by atoms with van der Waals surface area (Å²) in [5, 5.41) is 3.01. The highest BCUT2D eigenvalue weighted by molar-refractivity contribution is 7.98. The lowest BCUT2D eigenvalue weighted by Crippen LogP contribution is -2.13. The average Bonchev–Trinajstić information content (AvgIpc) is 2.47. The van der Waals surface area contributed by atoms with Crippen LogP contribution in [0.25, 0.3) is 0 Å². The summed E-state index contributed by atoms with van der Waals surface area (Å²) >= 11 is 7.56. The third-order valence-electron chi connectivity index (χ3n) is 2.94. The Balaban J connectivity index is 2.30. The Morgan fingerprint density at radius 2 is 1.91 bits per heavy atom. The lowest BCUT2D eigenvalue weighted by Gasteiger charge is -2.09. The standard InChI is InChI=1S/C15H14ClNO3S2/c1-21-11-6-7-14(16)13(9-11)15(18)17-10-4-3-5-12(8-10)22(2,19)20/h3-9H,1-2H3,(H,17,18). The van der Waals surface area contributed by atoms with E-state index in [2.05, 4.69) is 5.32 Å². The van der Waals surface area contributed by atoms with Crippen LogP contribution in [0, 0.1) is 0 Å². The second-order valence-corrected chi connectivity index (χ2v) is 7.90. The summed E-state index contributed by atoms with van der Waals surface area (Å²) in [6, 6.07) is 11.3. The third-order valence-corrected chi connectivity index (χ3v) is 5.10. The molecule has 22 heavy (non-hydrogen) atoms. The van der Waals surface area contributed by atoms with E-state index in [0.29, 0.717) is 16.3 Å². The summed E-state index contributed by atoms with van der Waals surface area (Å²) in [4.78, 5) is 13.4. The number of nitrogens with one attached hydrogen (secondary N) is 1. The van der Waals surface area contributed by atoms with E-state index in [1.54, 1.807) is 24.3 Å². The van der Waals surface area contributed by atoms with E-state index in [1.807, 2.05) is 12.3 Å². The van der Waals surface area contributed by atoms with Crippen molar-refractivity contribution < 1.29 is 13.2 Å². The lowest BCUT2D eigenvalue weighted by molar-refractivity contribution is 0.102. The predicted molar refractivity (Wildman–Crippen MR) is 90.7 cm³/mol. The van der Waals surface area contributed by atoms with E-state index < -0.39 is 9.84 Å². The summed E-state index contributed by atoms with van der Waals surface area (Å²) in [6.45, 7) is 0. The Morgan fingerprint density at radius 3 is 2.55 bits per heavy atom. The van der Waals surface area contributed by atoms with Gasteiger partial charge in [-0.3, -0.25) is 4.79 Å². The van der Waals surface area contributed by atoms with Crippen molar-refractivity contribution in [3.05, 3.63) is 53.1 Å². The fraction of sp³-hybridized carbons (Fsp3) is 0.133. The van der Waals surface area contributed by atoms with Crippen LogP contribution in [-0.2, 0) is 9.84 Å². The van der Waals surface area contributed by atoms with Crippen molar-refractivity contribution in [2.75, 3.05) is 17.8 Å². The number of hydrogen-bond acceptors (Lipinski definition) is 4. The number of carbonyl (C=O) groups is 1. The van der Waals surface area contributed by atoms with Gasteiger partial charge in [-0.05, 0) is 42.7 Å². The maximum atomic E-state index is 12.3. The largest absolute Gasteiger partial charge is 0.322 e. The molecule has 0 saturated heterocycles. The first-order chi connectivity index (χ1) is 10.3. The number of rotatable bonds is 4. The van der Waals surface area contributed by atoms with Crippen molar-refractivity contribution in [3.63, 3.8) is 0 Å². The summed E-state index contributed by atoms with van der Waals surface area (Å²) in [6.07, 6.45) is 3.02. The van der Waals surface area contributed by atoms with Crippen LogP contribution < -0.4 is 5.32 Å². The van der Waals surface area contributed by atoms with Gasteiger partial charge in [-0.1, -0.05) is 17.7 Å². The number of halogens is 1. The molecule has 7 heteroatoms. The summed E-state index contributed by atoms with van der Waals surface area (Å²) in [7, 11) is -3.33. The molecule has 0 unspecified atom stereocenters. The number of sulfone groups is 1. The van der Waals surface area contributed by atoms with Gasteiger partial charge in [0.05, 0.1) is 15.5 Å². The normalized spacial score (nSPS) is 11.2. The molecule has 0 bridgehead atoms. The van der Waals surface area contributed by atoms with Gasteiger partial charge >= 0.3 is 0 Å². The number of benzene rings is 2. The Morgan fingerprint density at radius 1 is 1.18 bits per heavy atom. The van der Waals surface area contributed by atoms with E-state index in [0.717, 1.165) is 11.2 Å². The van der Waals surface area contributed by atoms with Crippen LogP contribution >= 0.6 is 23.4 Å². The Hall–Kier alpha value is -1.50. The minimum atomic E-state index is -3.33. The summed E-state index contributed by atoms with van der Waals surface area (Å²) in [5.41, 5.74) is 0.747. The molecule has 1 N–H and O–H groups in total. The van der Waals surface area contributed by atoms with Gasteiger partial charge < -0.3 is 5.32 Å². The van der Waals surface area contributed by atoms with E-state index in [9.17, 15) is 13.2 Å². The number of thioether (sulfide) groups is 1. The number of amides is 1. The molecule has 116 valence electrons. The minimum absolute atomic E-state index is 0.147. The van der Waals surface area contributed by atoms with Crippen molar-refractivity contribution in [1.29, 1.82) is 0 Å². The molecule has 0 radical (unpaired) electrons. The number of anilines is 1. The fourth-order valence-electron chi connectivity index (χ4n) is 1.81. The van der Waals surface area contributed by atoms with E-state index in [-0.39, 0.29) is 10.8 Å². The lowest BCUT2D eigenvalue weighted by atomic mass is 10.2. The molecule has 0 saturated carbocycles. The van der Waals surface area contributed by atoms with Crippen LogP contribution in [0.15, 0.2) is 52.3 Å². The monoisotopic (exact) mass is 355 g/mol. The molecule has 4 nitrogen and oxygen atoms in total. The molecule has 0 aromatic heterocycles. The summed E-state index contributed by atoms with van der Waals surface area (Å²) < 4.78 is 23.1. The Bertz CT molecular complexity index is 819. The smallest absolute Gasteiger partial charge is 0.257 e.